The Bertz CT molecular complexity index is 817. The summed E-state index contributed by atoms with van der Waals surface area (Å²) in [5.41, 5.74) is -1.53. The number of nitriles is 1. The van der Waals surface area contributed by atoms with Gasteiger partial charge in [-0.25, -0.2) is 4.79 Å². The van der Waals surface area contributed by atoms with Gasteiger partial charge < -0.3 is 25.7 Å². The largest absolute Gasteiger partial charge is 0.481 e. The molecule has 0 amide bonds. The van der Waals surface area contributed by atoms with Crippen molar-refractivity contribution in [3.63, 3.8) is 0 Å². The number of rotatable bonds is 4. The fourth-order valence-corrected chi connectivity index (χ4v) is 5.47. The quantitative estimate of drug-likeness (QED) is 0.295. The summed E-state index contributed by atoms with van der Waals surface area (Å²) in [5.74, 6) is -2.43. The summed E-state index contributed by atoms with van der Waals surface area (Å²) in [4.78, 5) is 22.0. The number of hydrogen-bond acceptors (Lipinski definition) is 8. The van der Waals surface area contributed by atoms with Crippen LogP contribution in [0.1, 0.15) is 87.5 Å². The van der Waals surface area contributed by atoms with Gasteiger partial charge >= 0.3 is 11.9 Å². The normalized spacial score (nSPS) is 24.8. The van der Waals surface area contributed by atoms with Gasteiger partial charge in [-0.15, -0.1) is 0 Å². The summed E-state index contributed by atoms with van der Waals surface area (Å²) < 4.78 is 0. The van der Waals surface area contributed by atoms with Crippen molar-refractivity contribution in [3.05, 3.63) is 11.1 Å². The van der Waals surface area contributed by atoms with E-state index in [1.807, 2.05) is 33.8 Å². The van der Waals surface area contributed by atoms with Crippen LogP contribution in [0.15, 0.2) is 11.1 Å². The number of hydrogen-bond donors (Lipinski definition) is 5. The van der Waals surface area contributed by atoms with E-state index in [1.165, 1.54) is 10.1 Å². The van der Waals surface area contributed by atoms with Crippen molar-refractivity contribution in [1.82, 2.24) is 10.1 Å². The number of nitrogens with zero attached hydrogens (tertiary/aromatic N) is 3. The van der Waals surface area contributed by atoms with Gasteiger partial charge in [0.2, 0.25) is 0 Å². The number of aliphatic hydroxyl groups excluding tert-OH is 1. The van der Waals surface area contributed by atoms with E-state index in [2.05, 4.69) is 0 Å². The van der Waals surface area contributed by atoms with E-state index in [0.717, 1.165) is 0 Å². The highest BCUT2D eigenvalue weighted by Crippen LogP contribution is 2.42. The molecular formula is C24H41N3O7. The Morgan fingerprint density at radius 3 is 1.62 bits per heavy atom. The van der Waals surface area contributed by atoms with Crippen LogP contribution in [0, 0.1) is 17.2 Å². The average Bonchev–Trinajstić information content (AvgIpc) is 2.66. The van der Waals surface area contributed by atoms with Gasteiger partial charge in [-0.1, -0.05) is 5.57 Å². The van der Waals surface area contributed by atoms with Gasteiger partial charge in [-0.3, -0.25) is 4.79 Å². The lowest BCUT2D eigenvalue weighted by atomic mass is 9.73. The van der Waals surface area contributed by atoms with E-state index in [0.29, 0.717) is 31.3 Å². The molecule has 0 aromatic carbocycles. The summed E-state index contributed by atoms with van der Waals surface area (Å²) in [7, 11) is 0. The first-order valence-electron chi connectivity index (χ1n) is 11.4. The van der Waals surface area contributed by atoms with Crippen LogP contribution >= 0.6 is 0 Å². The van der Waals surface area contributed by atoms with Gasteiger partial charge in [0, 0.05) is 33.6 Å². The molecule has 194 valence electrons. The molecule has 2 aliphatic heterocycles. The number of carbonyl (C=O) groups is 2. The van der Waals surface area contributed by atoms with E-state index in [4.69, 9.17) is 10.4 Å². The molecule has 1 unspecified atom stereocenters. The summed E-state index contributed by atoms with van der Waals surface area (Å²) in [6.45, 7) is 14.9. The minimum Gasteiger partial charge on any atom is -0.481 e. The lowest BCUT2D eigenvalue weighted by Crippen LogP contribution is -2.60. The fraction of sp³-hybridized carbons (Fsp3) is 0.792. The topological polar surface area (TPSA) is 166 Å². The highest BCUT2D eigenvalue weighted by Gasteiger charge is 2.47. The van der Waals surface area contributed by atoms with Crippen LogP contribution < -0.4 is 0 Å². The average molecular weight is 484 g/mol. The van der Waals surface area contributed by atoms with Crippen molar-refractivity contribution in [2.24, 2.45) is 5.92 Å². The number of aliphatic carboxylic acids is 2. The smallest absolute Gasteiger partial charge is 0.332 e. The molecule has 2 aliphatic rings. The summed E-state index contributed by atoms with van der Waals surface area (Å²) in [6.07, 6.45) is 0.493. The predicted octanol–water partition coefficient (Wildman–Crippen LogP) is 3.41. The van der Waals surface area contributed by atoms with Gasteiger partial charge in [0.25, 0.3) is 0 Å². The molecular weight excluding hydrogens is 442 g/mol. The first-order valence-corrected chi connectivity index (χ1v) is 11.4. The monoisotopic (exact) mass is 483 g/mol. The van der Waals surface area contributed by atoms with E-state index in [9.17, 15) is 30.2 Å². The van der Waals surface area contributed by atoms with Crippen molar-refractivity contribution in [2.45, 2.75) is 116 Å². The second-order valence-electron chi connectivity index (χ2n) is 11.9. The second kappa shape index (κ2) is 10.3. The van der Waals surface area contributed by atoms with Crippen molar-refractivity contribution < 1.29 is 35.3 Å². The van der Waals surface area contributed by atoms with Crippen molar-refractivity contribution in [2.75, 3.05) is 0 Å². The zero-order chi connectivity index (χ0) is 26.9. The maximum Gasteiger partial charge on any atom is 0.332 e. The Balaban J connectivity index is 0.000000350. The molecule has 0 radical (unpaired) electrons. The summed E-state index contributed by atoms with van der Waals surface area (Å²) in [5, 5.41) is 59.0. The third-order valence-corrected chi connectivity index (χ3v) is 6.70. The first kappa shape index (κ1) is 30.0. The predicted molar refractivity (Wildman–Crippen MR) is 124 cm³/mol. The summed E-state index contributed by atoms with van der Waals surface area (Å²) in [6, 6.07) is 1.88. The van der Waals surface area contributed by atoms with Crippen molar-refractivity contribution >= 4 is 11.9 Å². The summed E-state index contributed by atoms with van der Waals surface area (Å²) >= 11 is 0. The van der Waals surface area contributed by atoms with Crippen LogP contribution in [0.2, 0.25) is 0 Å². The molecule has 1 atom stereocenters. The van der Waals surface area contributed by atoms with Gasteiger partial charge in [-0.05, 0) is 81.1 Å². The third kappa shape index (κ3) is 6.99. The molecule has 0 spiro atoms. The molecule has 0 aliphatic carbocycles. The molecule has 2 saturated heterocycles. The lowest BCUT2D eigenvalue weighted by molar-refractivity contribution is -0.254. The zero-order valence-corrected chi connectivity index (χ0v) is 21.6. The standard InChI is InChI=1S/C13H21NO5.C11H20N2O2/c1-12(2)6-8(7-13(3,4)14(12)19)9(11(17)18)5-10(15)16;1-10(2)5-8(9(14)7-12)6-11(3,4)13(10)15/h19H,5-7H2,1-4H3,(H,15,16)(H,17,18);8-9,14-15H,5-6H2,1-4H3. The molecule has 0 aromatic rings. The van der Waals surface area contributed by atoms with Crippen LogP contribution in [-0.2, 0) is 9.59 Å². The van der Waals surface area contributed by atoms with E-state index in [-0.39, 0.29) is 11.5 Å². The maximum absolute atomic E-state index is 11.2. The van der Waals surface area contributed by atoms with Crippen LogP contribution in [0.3, 0.4) is 0 Å². The van der Waals surface area contributed by atoms with E-state index >= 15 is 0 Å². The van der Waals surface area contributed by atoms with E-state index in [1.54, 1.807) is 27.7 Å². The molecule has 10 nitrogen and oxygen atoms in total. The lowest BCUT2D eigenvalue weighted by Gasteiger charge is -2.51. The Hall–Kier alpha value is -2.03. The van der Waals surface area contributed by atoms with Crippen LogP contribution in [0.5, 0.6) is 0 Å². The third-order valence-electron chi connectivity index (χ3n) is 6.70. The van der Waals surface area contributed by atoms with Gasteiger partial charge in [-0.2, -0.15) is 15.4 Å². The molecule has 34 heavy (non-hydrogen) atoms. The van der Waals surface area contributed by atoms with Gasteiger partial charge in [0.15, 0.2) is 0 Å². The minimum atomic E-state index is -1.20. The number of aliphatic hydroxyl groups is 1. The zero-order valence-electron chi connectivity index (χ0n) is 21.6. The molecule has 2 rings (SSSR count). The number of carboxylic acid groups (broad SMARTS) is 2. The Morgan fingerprint density at radius 2 is 1.29 bits per heavy atom. The Morgan fingerprint density at radius 1 is 0.912 bits per heavy atom. The molecule has 0 saturated carbocycles. The van der Waals surface area contributed by atoms with Crippen LogP contribution in [0.25, 0.3) is 0 Å². The van der Waals surface area contributed by atoms with E-state index < -0.39 is 46.6 Å². The number of hydroxylamine groups is 4. The highest BCUT2D eigenvalue weighted by atomic mass is 16.5. The molecule has 5 N–H and O–H groups in total. The molecule has 2 heterocycles. The minimum absolute atomic E-state index is 0.0663. The van der Waals surface area contributed by atoms with Crippen molar-refractivity contribution in [1.29, 1.82) is 5.26 Å². The number of piperidine rings is 2. The Kier molecular flexibility index (Phi) is 9.09. The maximum atomic E-state index is 11.2. The highest BCUT2D eigenvalue weighted by molar-refractivity contribution is 5.93. The van der Waals surface area contributed by atoms with Crippen molar-refractivity contribution in [3.8, 4) is 6.07 Å². The van der Waals surface area contributed by atoms with Gasteiger partial charge in [0.1, 0.15) is 6.10 Å². The first-order chi connectivity index (χ1) is 15.2. The number of carboxylic acids is 2. The van der Waals surface area contributed by atoms with Crippen LogP contribution in [-0.4, -0.2) is 76.1 Å². The Labute approximate surface area is 202 Å². The second-order valence-corrected chi connectivity index (χ2v) is 11.9. The molecule has 0 bridgehead atoms. The fourth-order valence-electron chi connectivity index (χ4n) is 5.47. The SMILES string of the molecule is CC1(C)CC(=C(CC(=O)O)C(=O)O)CC(C)(C)N1O.CC1(C)CC(C(O)C#N)CC(C)(C)N1O. The van der Waals surface area contributed by atoms with Crippen LogP contribution in [0.4, 0.5) is 0 Å². The molecule has 2 fully saturated rings. The van der Waals surface area contributed by atoms with Gasteiger partial charge in [0.05, 0.1) is 12.5 Å². The molecule has 10 heteroatoms. The molecule has 0 aromatic heterocycles.